The Morgan fingerprint density at radius 1 is 1.25 bits per heavy atom. The molecule has 1 aromatic carbocycles. The van der Waals surface area contributed by atoms with Gasteiger partial charge in [0, 0.05) is 11.6 Å². The Morgan fingerprint density at radius 2 is 1.81 bits per heavy atom. The quantitative estimate of drug-likeness (QED) is 0.776. The summed E-state index contributed by atoms with van der Waals surface area (Å²) in [6, 6.07) is 2.92. The number of nitrogens with zero attached hydrogens (tertiary/aromatic N) is 1. The highest BCUT2D eigenvalue weighted by atomic mass is 19.1. The number of hydrogen-bond donors (Lipinski definition) is 0. The minimum Gasteiger partial charge on any atom is -0.493 e. The molecule has 0 N–H and O–H groups in total. The molecule has 88 valence electrons. The third kappa shape index (κ3) is 2.63. The molecule has 1 rings (SSSR count). The maximum atomic E-state index is 13.3. The molecule has 0 aliphatic heterocycles. The van der Waals surface area contributed by atoms with Crippen molar-refractivity contribution in [2.75, 3.05) is 14.2 Å². The van der Waals surface area contributed by atoms with Crippen molar-refractivity contribution in [3.05, 3.63) is 23.0 Å². The largest absolute Gasteiger partial charge is 0.493 e. The van der Waals surface area contributed by atoms with E-state index < -0.39 is 5.82 Å². The Bertz CT molecular complexity index is 397. The van der Waals surface area contributed by atoms with E-state index in [4.69, 9.17) is 14.7 Å². The highest BCUT2D eigenvalue weighted by Gasteiger charge is 2.15. The molecule has 0 amide bonds. The van der Waals surface area contributed by atoms with E-state index in [1.165, 1.54) is 14.2 Å². The van der Waals surface area contributed by atoms with E-state index in [2.05, 4.69) is 0 Å². The summed E-state index contributed by atoms with van der Waals surface area (Å²) in [6.07, 6.45) is 0. The summed E-state index contributed by atoms with van der Waals surface area (Å²) in [4.78, 5) is 0. The summed E-state index contributed by atoms with van der Waals surface area (Å²) in [7, 11) is 2.87. The lowest BCUT2D eigenvalue weighted by molar-refractivity contribution is 0.350. The number of ether oxygens (including phenoxy) is 2. The maximum Gasteiger partial charge on any atom is 0.165 e. The van der Waals surface area contributed by atoms with Crippen LogP contribution in [-0.2, 0) is 0 Å². The summed E-state index contributed by atoms with van der Waals surface area (Å²) in [6.45, 7) is 5.61. The second-order valence-electron chi connectivity index (χ2n) is 2.71. The van der Waals surface area contributed by atoms with Crippen molar-refractivity contribution < 1.29 is 13.9 Å². The van der Waals surface area contributed by atoms with Crippen molar-refractivity contribution in [2.24, 2.45) is 0 Å². The van der Waals surface area contributed by atoms with Gasteiger partial charge in [0.25, 0.3) is 0 Å². The molecule has 0 radical (unpaired) electrons. The molecule has 1 aromatic rings. The van der Waals surface area contributed by atoms with Crippen LogP contribution in [0.4, 0.5) is 4.39 Å². The lowest BCUT2D eigenvalue weighted by atomic mass is 10.1. The van der Waals surface area contributed by atoms with Crippen LogP contribution in [0.2, 0.25) is 0 Å². The Kier molecular flexibility index (Phi) is 5.94. The van der Waals surface area contributed by atoms with Crippen molar-refractivity contribution in [1.29, 1.82) is 5.26 Å². The van der Waals surface area contributed by atoms with E-state index in [1.54, 1.807) is 13.0 Å². The fraction of sp³-hybridized carbons (Fsp3) is 0.417. The van der Waals surface area contributed by atoms with Crippen molar-refractivity contribution in [1.82, 2.24) is 0 Å². The lowest BCUT2D eigenvalue weighted by Gasteiger charge is -2.11. The van der Waals surface area contributed by atoms with E-state index in [0.29, 0.717) is 17.1 Å². The average molecular weight is 225 g/mol. The Morgan fingerprint density at radius 3 is 2.19 bits per heavy atom. The molecule has 0 saturated heterocycles. The number of benzene rings is 1. The van der Waals surface area contributed by atoms with Crippen LogP contribution in [0.5, 0.6) is 11.5 Å². The molecule has 4 heteroatoms. The predicted octanol–water partition coefficient (Wildman–Crippen LogP) is 3.05. The van der Waals surface area contributed by atoms with Crippen LogP contribution in [0.3, 0.4) is 0 Å². The van der Waals surface area contributed by atoms with E-state index in [9.17, 15) is 4.39 Å². The van der Waals surface area contributed by atoms with Crippen molar-refractivity contribution in [3.8, 4) is 17.6 Å². The Balaban J connectivity index is 0.00000106. The first-order chi connectivity index (χ1) is 7.65. The first kappa shape index (κ1) is 14.2. The second-order valence-corrected chi connectivity index (χ2v) is 2.71. The van der Waals surface area contributed by atoms with Gasteiger partial charge in [0.2, 0.25) is 0 Å². The monoisotopic (exact) mass is 225 g/mol. The molecule has 0 heterocycles. The van der Waals surface area contributed by atoms with Crippen LogP contribution >= 0.6 is 0 Å². The first-order valence-corrected chi connectivity index (χ1v) is 4.96. The van der Waals surface area contributed by atoms with Gasteiger partial charge in [-0.05, 0) is 6.92 Å². The number of hydrogen-bond acceptors (Lipinski definition) is 3. The molecule has 0 spiro atoms. The number of halogens is 1. The summed E-state index contributed by atoms with van der Waals surface area (Å²) >= 11 is 0. The van der Waals surface area contributed by atoms with E-state index in [1.807, 2.05) is 13.8 Å². The molecular formula is C12H16FNO2. The molecule has 0 saturated carbocycles. The highest BCUT2D eigenvalue weighted by molar-refractivity contribution is 5.54. The first-order valence-electron chi connectivity index (χ1n) is 4.96. The standard InChI is InChI=1S/C10H10FNO2.C2H6/c1-6-7(5-12)8(11)4-9(13-2)10(6)14-3;1-2/h4H,1-3H3;1-2H3. The van der Waals surface area contributed by atoms with Crippen LogP contribution in [0.1, 0.15) is 25.0 Å². The van der Waals surface area contributed by atoms with Gasteiger partial charge < -0.3 is 9.47 Å². The normalized spacial score (nSPS) is 8.56. The van der Waals surface area contributed by atoms with Crippen LogP contribution < -0.4 is 9.47 Å². The zero-order valence-electron chi connectivity index (χ0n) is 10.2. The van der Waals surface area contributed by atoms with Crippen LogP contribution in [0, 0.1) is 24.1 Å². The smallest absolute Gasteiger partial charge is 0.165 e. The Hall–Kier alpha value is -1.76. The molecule has 0 fully saturated rings. The van der Waals surface area contributed by atoms with Crippen LogP contribution in [0.25, 0.3) is 0 Å². The summed E-state index contributed by atoms with van der Waals surface area (Å²) < 4.78 is 23.2. The maximum absolute atomic E-state index is 13.3. The molecule has 0 aliphatic carbocycles. The summed E-state index contributed by atoms with van der Waals surface area (Å²) in [5, 5.41) is 8.70. The zero-order valence-corrected chi connectivity index (χ0v) is 10.2. The molecule has 0 aliphatic rings. The molecule has 0 aromatic heterocycles. The highest BCUT2D eigenvalue weighted by Crippen LogP contribution is 2.34. The van der Waals surface area contributed by atoms with E-state index in [-0.39, 0.29) is 5.56 Å². The van der Waals surface area contributed by atoms with Gasteiger partial charge in [-0.1, -0.05) is 13.8 Å². The average Bonchev–Trinajstić information content (AvgIpc) is 2.31. The van der Waals surface area contributed by atoms with E-state index in [0.717, 1.165) is 6.07 Å². The second kappa shape index (κ2) is 6.67. The fourth-order valence-corrected chi connectivity index (χ4v) is 1.27. The zero-order chi connectivity index (χ0) is 12.7. The van der Waals surface area contributed by atoms with Gasteiger partial charge in [-0.25, -0.2) is 4.39 Å². The number of methoxy groups -OCH3 is 2. The summed E-state index contributed by atoms with van der Waals surface area (Å²) in [5.74, 6) is 0.0922. The van der Waals surface area contributed by atoms with Crippen LogP contribution in [0.15, 0.2) is 6.07 Å². The third-order valence-corrected chi connectivity index (χ3v) is 1.97. The topological polar surface area (TPSA) is 42.2 Å². The van der Waals surface area contributed by atoms with Crippen molar-refractivity contribution in [3.63, 3.8) is 0 Å². The van der Waals surface area contributed by atoms with Gasteiger partial charge in [0.05, 0.1) is 19.8 Å². The minimum atomic E-state index is -0.595. The van der Waals surface area contributed by atoms with Crippen molar-refractivity contribution in [2.45, 2.75) is 20.8 Å². The van der Waals surface area contributed by atoms with Gasteiger partial charge in [-0.15, -0.1) is 0 Å². The molecule has 16 heavy (non-hydrogen) atoms. The number of nitriles is 1. The molecule has 0 atom stereocenters. The number of rotatable bonds is 2. The van der Waals surface area contributed by atoms with E-state index >= 15 is 0 Å². The van der Waals surface area contributed by atoms with Crippen LogP contribution in [-0.4, -0.2) is 14.2 Å². The van der Waals surface area contributed by atoms with Gasteiger partial charge in [-0.3, -0.25) is 0 Å². The van der Waals surface area contributed by atoms with Crippen molar-refractivity contribution >= 4 is 0 Å². The fourth-order valence-electron chi connectivity index (χ4n) is 1.27. The van der Waals surface area contributed by atoms with Gasteiger partial charge in [-0.2, -0.15) is 5.26 Å². The Labute approximate surface area is 95.4 Å². The van der Waals surface area contributed by atoms with Gasteiger partial charge in [0.15, 0.2) is 11.5 Å². The SMILES string of the molecule is CC.COc1cc(F)c(C#N)c(C)c1OC. The minimum absolute atomic E-state index is 0.0114. The van der Waals surface area contributed by atoms with Gasteiger partial charge in [0.1, 0.15) is 11.9 Å². The van der Waals surface area contributed by atoms with Gasteiger partial charge >= 0.3 is 0 Å². The molecule has 0 unspecified atom stereocenters. The molecule has 3 nitrogen and oxygen atoms in total. The lowest BCUT2D eigenvalue weighted by Crippen LogP contribution is -1.98. The molecule has 0 bridgehead atoms. The predicted molar refractivity (Wildman–Crippen MR) is 60.3 cm³/mol. The summed E-state index contributed by atoms with van der Waals surface area (Å²) in [5.41, 5.74) is 0.439. The third-order valence-electron chi connectivity index (χ3n) is 1.97. The molecular weight excluding hydrogens is 209 g/mol.